The minimum atomic E-state index is -4.29. The average Bonchev–Trinajstić information content (AvgIpc) is 3.27. The van der Waals surface area contributed by atoms with Crippen molar-refractivity contribution < 1.29 is 22.7 Å². The number of fused-ring (bicyclic) bond motifs is 6. The number of nitrogens with zero attached hydrogens (tertiary/aromatic N) is 4. The smallest absolute Gasteiger partial charge is 0.281 e. The Hall–Kier alpha value is -3.77. The summed E-state index contributed by atoms with van der Waals surface area (Å²) < 4.78 is 41.2. The lowest BCUT2D eigenvalue weighted by molar-refractivity contribution is -0.0859. The second-order valence-corrected chi connectivity index (χ2v) is 14.5. The summed E-state index contributed by atoms with van der Waals surface area (Å²) in [5, 5.41) is 3.14. The van der Waals surface area contributed by atoms with Crippen LogP contribution >= 0.6 is 0 Å². The fraction of sp³-hybridized carbons (Fsp3) is 0.500. The Balaban J connectivity index is 1.35. The topological polar surface area (TPSA) is 136 Å². The standard InChI is InChI=1S/C32H40N6O5S/c1-20(2)42-22-16-23(17-22)43-28-14-12-24-30(36-28)38-19-21(18-32(38,3)4)11-13-26(25-8-5-6-15-33-25)34-27-9-7-10-29(35-27)44(40,41)37-31(24)39/h5-10,12,14-15,20-23,26H,11,13,16-19H2,1-4H3,(H,34,35)(H,37,39)/t21-,22?,23?,26+/m0/s1. The lowest BCUT2D eigenvalue weighted by Gasteiger charge is -2.37. The number of ether oxygens (including phenoxy) is 2. The zero-order valence-electron chi connectivity index (χ0n) is 25.6. The van der Waals surface area contributed by atoms with Crippen molar-refractivity contribution in [3.63, 3.8) is 0 Å². The quantitative estimate of drug-likeness (QED) is 0.406. The molecule has 3 aromatic rings. The number of aromatic nitrogens is 3. The van der Waals surface area contributed by atoms with Gasteiger partial charge in [0.25, 0.3) is 15.9 Å². The van der Waals surface area contributed by atoms with Crippen LogP contribution < -0.4 is 19.7 Å². The van der Waals surface area contributed by atoms with Gasteiger partial charge in [0.1, 0.15) is 17.7 Å². The summed E-state index contributed by atoms with van der Waals surface area (Å²) in [5.41, 5.74) is 0.674. The van der Waals surface area contributed by atoms with E-state index in [2.05, 4.69) is 38.8 Å². The van der Waals surface area contributed by atoms with E-state index in [-0.39, 0.29) is 40.5 Å². The predicted octanol–water partition coefficient (Wildman–Crippen LogP) is 4.88. The van der Waals surface area contributed by atoms with Crippen molar-refractivity contribution in [1.82, 2.24) is 19.7 Å². The van der Waals surface area contributed by atoms with Crippen LogP contribution in [0.2, 0.25) is 0 Å². The maximum absolute atomic E-state index is 13.7. The molecule has 2 atom stereocenters. The Kier molecular flexibility index (Phi) is 8.23. The lowest BCUT2D eigenvalue weighted by atomic mass is 9.91. The van der Waals surface area contributed by atoms with Crippen LogP contribution in [0.1, 0.15) is 81.9 Å². The first-order valence-corrected chi connectivity index (χ1v) is 16.8. The van der Waals surface area contributed by atoms with E-state index < -0.39 is 15.9 Å². The molecule has 11 nitrogen and oxygen atoms in total. The van der Waals surface area contributed by atoms with Crippen molar-refractivity contribution in [2.75, 3.05) is 16.8 Å². The second-order valence-electron chi connectivity index (χ2n) is 12.9. The molecular weight excluding hydrogens is 580 g/mol. The van der Waals surface area contributed by atoms with Crippen LogP contribution in [0, 0.1) is 5.92 Å². The van der Waals surface area contributed by atoms with E-state index in [1.165, 1.54) is 6.07 Å². The first-order valence-electron chi connectivity index (χ1n) is 15.3. The van der Waals surface area contributed by atoms with Crippen molar-refractivity contribution in [3.8, 4) is 5.88 Å². The zero-order chi connectivity index (χ0) is 31.1. The Bertz CT molecular complexity index is 1610. The van der Waals surface area contributed by atoms with E-state index in [9.17, 15) is 13.2 Å². The van der Waals surface area contributed by atoms with Gasteiger partial charge in [0.2, 0.25) is 5.88 Å². The van der Waals surface area contributed by atoms with E-state index >= 15 is 0 Å². The predicted molar refractivity (Wildman–Crippen MR) is 166 cm³/mol. The molecule has 2 N–H and O–H groups in total. The van der Waals surface area contributed by atoms with E-state index in [1.807, 2.05) is 32.0 Å². The third kappa shape index (κ3) is 6.51. The number of nitrogens with one attached hydrogen (secondary N) is 2. The number of hydrogen-bond acceptors (Lipinski definition) is 10. The SMILES string of the molecule is CC(C)OC1CC(Oc2ccc3c(n2)N2C[C@@H](CC[C@H](c4ccccn4)Nc4cccc(n4)S(=O)(=O)NC3=O)CC2(C)C)C1. The first kappa shape index (κ1) is 30.3. The molecule has 4 bridgehead atoms. The van der Waals surface area contributed by atoms with Crippen LogP contribution in [0.5, 0.6) is 5.88 Å². The normalized spacial score (nSPS) is 25.9. The fourth-order valence-electron chi connectivity index (χ4n) is 6.44. The molecule has 5 heterocycles. The lowest BCUT2D eigenvalue weighted by Crippen LogP contribution is -2.42. The summed E-state index contributed by atoms with van der Waals surface area (Å²) in [6, 6.07) is 13.5. The third-order valence-electron chi connectivity index (χ3n) is 8.57. The average molecular weight is 621 g/mol. The van der Waals surface area contributed by atoms with E-state index in [0.29, 0.717) is 30.0 Å². The Morgan fingerprint density at radius 1 is 1.00 bits per heavy atom. The highest BCUT2D eigenvalue weighted by Gasteiger charge is 2.42. The van der Waals surface area contributed by atoms with E-state index in [0.717, 1.165) is 37.8 Å². The fourth-order valence-corrected chi connectivity index (χ4v) is 7.38. The minimum Gasteiger partial charge on any atom is -0.474 e. The van der Waals surface area contributed by atoms with Crippen molar-refractivity contribution in [2.45, 2.75) is 94.7 Å². The number of amides is 1. The van der Waals surface area contributed by atoms with E-state index in [4.69, 9.17) is 14.5 Å². The van der Waals surface area contributed by atoms with Crippen LogP contribution in [-0.4, -0.2) is 59.7 Å². The summed E-state index contributed by atoms with van der Waals surface area (Å²) >= 11 is 0. The van der Waals surface area contributed by atoms with Crippen molar-refractivity contribution >= 4 is 27.6 Å². The molecule has 2 aliphatic heterocycles. The molecule has 1 saturated carbocycles. The second kappa shape index (κ2) is 12.0. The van der Waals surface area contributed by atoms with Crippen molar-refractivity contribution in [2.24, 2.45) is 5.92 Å². The molecule has 0 unspecified atom stereocenters. The molecule has 1 amide bonds. The number of sulfonamides is 1. The van der Waals surface area contributed by atoms with Gasteiger partial charge in [-0.25, -0.2) is 9.71 Å². The largest absolute Gasteiger partial charge is 0.474 e. The maximum atomic E-state index is 13.7. The van der Waals surface area contributed by atoms with Crippen LogP contribution in [0.25, 0.3) is 0 Å². The summed E-state index contributed by atoms with van der Waals surface area (Å²) in [7, 11) is -4.29. The zero-order valence-corrected chi connectivity index (χ0v) is 26.4. The first-order chi connectivity index (χ1) is 21.0. The molecule has 234 valence electrons. The highest BCUT2D eigenvalue weighted by Crippen LogP contribution is 2.41. The van der Waals surface area contributed by atoms with Crippen LogP contribution in [0.15, 0.2) is 59.8 Å². The van der Waals surface area contributed by atoms with Crippen molar-refractivity contribution in [3.05, 3.63) is 66.0 Å². The minimum absolute atomic E-state index is 0.0329. The van der Waals surface area contributed by atoms with E-state index in [1.54, 1.807) is 30.5 Å². The molecule has 2 fully saturated rings. The summed E-state index contributed by atoms with van der Waals surface area (Å²) in [5.74, 6) is 0.731. The molecule has 12 heteroatoms. The van der Waals surface area contributed by atoms with Gasteiger partial charge in [-0.2, -0.15) is 13.4 Å². The Morgan fingerprint density at radius 3 is 2.57 bits per heavy atom. The Labute approximate surface area is 258 Å². The van der Waals surface area contributed by atoms with Gasteiger partial charge in [0, 0.05) is 37.2 Å². The number of rotatable bonds is 5. The Morgan fingerprint density at radius 2 is 1.82 bits per heavy atom. The van der Waals surface area contributed by atoms with Gasteiger partial charge < -0.3 is 19.7 Å². The van der Waals surface area contributed by atoms with Crippen LogP contribution in [0.4, 0.5) is 11.6 Å². The number of carbonyl (C=O) groups is 1. The molecule has 3 aromatic heterocycles. The molecule has 0 radical (unpaired) electrons. The highest BCUT2D eigenvalue weighted by molar-refractivity contribution is 7.90. The molecule has 6 rings (SSSR count). The molecule has 3 aliphatic rings. The molecule has 0 aromatic carbocycles. The van der Waals surface area contributed by atoms with Crippen LogP contribution in [-0.2, 0) is 14.8 Å². The van der Waals surface area contributed by atoms with Gasteiger partial charge in [-0.05, 0) is 83.2 Å². The van der Waals surface area contributed by atoms with Crippen molar-refractivity contribution in [1.29, 1.82) is 0 Å². The molecule has 1 aliphatic carbocycles. The third-order valence-corrected chi connectivity index (χ3v) is 9.80. The maximum Gasteiger partial charge on any atom is 0.281 e. The number of carbonyl (C=O) groups excluding carboxylic acids is 1. The monoisotopic (exact) mass is 620 g/mol. The number of pyridine rings is 3. The number of hydrogen-bond donors (Lipinski definition) is 2. The van der Waals surface area contributed by atoms with Gasteiger partial charge in [-0.3, -0.25) is 9.78 Å². The highest BCUT2D eigenvalue weighted by atomic mass is 32.2. The molecule has 44 heavy (non-hydrogen) atoms. The molecule has 1 saturated heterocycles. The summed E-state index contributed by atoms with van der Waals surface area (Å²) in [6.07, 6.45) is 6.08. The van der Waals surface area contributed by atoms with Gasteiger partial charge in [-0.1, -0.05) is 12.1 Å². The van der Waals surface area contributed by atoms with Gasteiger partial charge in [-0.15, -0.1) is 0 Å². The molecular formula is C32H40N6O5S. The van der Waals surface area contributed by atoms with Gasteiger partial charge in [0.15, 0.2) is 5.03 Å². The van der Waals surface area contributed by atoms with Gasteiger partial charge >= 0.3 is 0 Å². The summed E-state index contributed by atoms with van der Waals surface area (Å²) in [6.45, 7) is 8.96. The number of anilines is 2. The van der Waals surface area contributed by atoms with Gasteiger partial charge in [0.05, 0.1) is 29.5 Å². The molecule has 0 spiro atoms. The van der Waals surface area contributed by atoms with Crippen LogP contribution in [0.3, 0.4) is 0 Å². The summed E-state index contributed by atoms with van der Waals surface area (Å²) in [4.78, 5) is 29.6.